The first-order valence-electron chi connectivity index (χ1n) is 9.11. The number of benzene rings is 1. The van der Waals surface area contributed by atoms with Gasteiger partial charge in [0.15, 0.2) is 0 Å². The summed E-state index contributed by atoms with van der Waals surface area (Å²) in [6.45, 7) is 2.51. The molecule has 0 amide bonds. The Labute approximate surface area is 147 Å². The van der Waals surface area contributed by atoms with Gasteiger partial charge < -0.3 is 4.57 Å². The number of piperidine rings is 1. The minimum Gasteiger partial charge on any atom is -0.314 e. The standard InChI is InChI=1S/C19H22FN5/c20-16-8-7-14(12-21)15(11-16)13-24-9-3-1-5-17(24)19-23-22-18-6-2-4-10-25(18)19/h7-8,11,17H,1-6,9-10,13H2. The molecule has 0 spiro atoms. The van der Waals surface area contributed by atoms with Gasteiger partial charge in [-0.05, 0) is 56.0 Å². The summed E-state index contributed by atoms with van der Waals surface area (Å²) in [5.41, 5.74) is 1.31. The van der Waals surface area contributed by atoms with Crippen LogP contribution in [0, 0.1) is 17.1 Å². The average molecular weight is 339 g/mol. The van der Waals surface area contributed by atoms with Crippen LogP contribution in [0.2, 0.25) is 0 Å². The number of fused-ring (bicyclic) bond motifs is 1. The summed E-state index contributed by atoms with van der Waals surface area (Å²) in [5, 5.41) is 18.2. The molecule has 2 aliphatic rings. The quantitative estimate of drug-likeness (QED) is 0.860. The Balaban J connectivity index is 1.63. The second-order valence-corrected chi connectivity index (χ2v) is 6.98. The lowest BCUT2D eigenvalue weighted by molar-refractivity contribution is 0.129. The zero-order chi connectivity index (χ0) is 17.2. The first-order chi connectivity index (χ1) is 12.3. The van der Waals surface area contributed by atoms with Crippen LogP contribution in [0.1, 0.15) is 60.9 Å². The highest BCUT2D eigenvalue weighted by molar-refractivity contribution is 5.37. The first kappa shape index (κ1) is 16.2. The van der Waals surface area contributed by atoms with Crippen LogP contribution in [0.5, 0.6) is 0 Å². The maximum Gasteiger partial charge on any atom is 0.150 e. The van der Waals surface area contributed by atoms with Crippen LogP contribution in [-0.4, -0.2) is 26.2 Å². The molecule has 1 atom stereocenters. The van der Waals surface area contributed by atoms with Crippen LogP contribution in [0.25, 0.3) is 0 Å². The van der Waals surface area contributed by atoms with E-state index < -0.39 is 0 Å². The third-order valence-electron chi connectivity index (χ3n) is 5.36. The van der Waals surface area contributed by atoms with Gasteiger partial charge in [0, 0.05) is 19.5 Å². The van der Waals surface area contributed by atoms with Gasteiger partial charge in [0.25, 0.3) is 0 Å². The van der Waals surface area contributed by atoms with E-state index in [1.165, 1.54) is 25.0 Å². The molecule has 1 unspecified atom stereocenters. The summed E-state index contributed by atoms with van der Waals surface area (Å²) in [7, 11) is 0. The lowest BCUT2D eigenvalue weighted by Gasteiger charge is -2.35. The van der Waals surface area contributed by atoms with Crippen molar-refractivity contribution in [2.24, 2.45) is 0 Å². The molecule has 1 aromatic heterocycles. The summed E-state index contributed by atoms with van der Waals surface area (Å²) < 4.78 is 16.0. The van der Waals surface area contributed by atoms with Crippen molar-refractivity contribution in [3.05, 3.63) is 46.8 Å². The summed E-state index contributed by atoms with van der Waals surface area (Å²) in [5.74, 6) is 1.85. The molecule has 6 heteroatoms. The largest absolute Gasteiger partial charge is 0.314 e. The fourth-order valence-electron chi connectivity index (χ4n) is 4.07. The van der Waals surface area contributed by atoms with Crippen LogP contribution in [-0.2, 0) is 19.5 Å². The third-order valence-corrected chi connectivity index (χ3v) is 5.36. The minimum atomic E-state index is -0.289. The molecule has 130 valence electrons. The van der Waals surface area contributed by atoms with E-state index >= 15 is 0 Å². The SMILES string of the molecule is N#Cc1ccc(F)cc1CN1CCCCC1c1nnc2n1CCCC2. The lowest BCUT2D eigenvalue weighted by atomic mass is 9.98. The van der Waals surface area contributed by atoms with E-state index in [2.05, 4.69) is 25.7 Å². The Hall–Kier alpha value is -2.26. The summed E-state index contributed by atoms with van der Waals surface area (Å²) in [6, 6.07) is 6.80. The molecule has 1 saturated heterocycles. The normalized spacial score (nSPS) is 20.9. The molecule has 1 aromatic carbocycles. The van der Waals surface area contributed by atoms with Crippen molar-refractivity contribution in [1.29, 1.82) is 5.26 Å². The molecule has 0 saturated carbocycles. The minimum absolute atomic E-state index is 0.197. The van der Waals surface area contributed by atoms with E-state index in [1.807, 2.05) is 0 Å². The molecule has 0 radical (unpaired) electrons. The molecule has 25 heavy (non-hydrogen) atoms. The van der Waals surface area contributed by atoms with Gasteiger partial charge >= 0.3 is 0 Å². The molecule has 5 nitrogen and oxygen atoms in total. The second kappa shape index (κ2) is 6.93. The van der Waals surface area contributed by atoms with Gasteiger partial charge in [0.2, 0.25) is 0 Å². The van der Waals surface area contributed by atoms with Crippen LogP contribution in [0.3, 0.4) is 0 Å². The summed E-state index contributed by atoms with van der Waals surface area (Å²) in [4.78, 5) is 2.34. The molecule has 3 heterocycles. The predicted octanol–water partition coefficient (Wildman–Crippen LogP) is 3.35. The van der Waals surface area contributed by atoms with Crippen molar-refractivity contribution in [3.63, 3.8) is 0 Å². The van der Waals surface area contributed by atoms with Crippen molar-refractivity contribution in [3.8, 4) is 6.07 Å². The number of hydrogen-bond donors (Lipinski definition) is 0. The van der Waals surface area contributed by atoms with Gasteiger partial charge in [-0.25, -0.2) is 4.39 Å². The van der Waals surface area contributed by atoms with E-state index in [4.69, 9.17) is 0 Å². The van der Waals surface area contributed by atoms with Crippen molar-refractivity contribution in [2.45, 2.75) is 57.7 Å². The van der Waals surface area contributed by atoms with Gasteiger partial charge in [-0.2, -0.15) is 5.26 Å². The molecular formula is C19H22FN5. The molecule has 2 aliphatic heterocycles. The summed E-state index contributed by atoms with van der Waals surface area (Å²) >= 11 is 0. The number of aromatic nitrogens is 3. The highest BCUT2D eigenvalue weighted by atomic mass is 19.1. The first-order valence-corrected chi connectivity index (χ1v) is 9.11. The number of likely N-dealkylation sites (tertiary alicyclic amines) is 1. The van der Waals surface area contributed by atoms with Gasteiger partial charge in [-0.1, -0.05) is 6.42 Å². The van der Waals surface area contributed by atoms with Crippen molar-refractivity contribution in [1.82, 2.24) is 19.7 Å². The fraction of sp³-hybridized carbons (Fsp3) is 0.526. The van der Waals surface area contributed by atoms with Gasteiger partial charge in [0.05, 0.1) is 17.7 Å². The number of aryl methyl sites for hydroxylation is 1. The van der Waals surface area contributed by atoms with Crippen LogP contribution in [0.15, 0.2) is 18.2 Å². The average Bonchev–Trinajstić information content (AvgIpc) is 3.06. The molecule has 4 rings (SSSR count). The smallest absolute Gasteiger partial charge is 0.150 e. The highest BCUT2D eigenvalue weighted by Crippen LogP contribution is 2.33. The zero-order valence-electron chi connectivity index (χ0n) is 14.3. The monoisotopic (exact) mass is 339 g/mol. The number of halogens is 1. The zero-order valence-corrected chi connectivity index (χ0v) is 14.3. The third kappa shape index (κ3) is 3.16. The predicted molar refractivity (Wildman–Crippen MR) is 91.1 cm³/mol. The van der Waals surface area contributed by atoms with E-state index in [-0.39, 0.29) is 11.9 Å². The molecular weight excluding hydrogens is 317 g/mol. The molecule has 0 aliphatic carbocycles. The van der Waals surface area contributed by atoms with Gasteiger partial charge in [-0.3, -0.25) is 4.90 Å². The van der Waals surface area contributed by atoms with E-state index in [0.717, 1.165) is 56.0 Å². The Morgan fingerprint density at radius 1 is 1.16 bits per heavy atom. The number of rotatable bonds is 3. The van der Waals surface area contributed by atoms with Gasteiger partial charge in [0.1, 0.15) is 17.5 Å². The van der Waals surface area contributed by atoms with E-state index in [1.54, 1.807) is 6.07 Å². The van der Waals surface area contributed by atoms with Crippen molar-refractivity contribution in [2.75, 3.05) is 6.54 Å². The molecule has 2 aromatic rings. The number of nitrogens with zero attached hydrogens (tertiary/aromatic N) is 5. The molecule has 0 N–H and O–H groups in total. The maximum atomic E-state index is 13.7. The second-order valence-electron chi connectivity index (χ2n) is 6.98. The van der Waals surface area contributed by atoms with E-state index in [0.29, 0.717) is 12.1 Å². The molecule has 1 fully saturated rings. The van der Waals surface area contributed by atoms with Crippen molar-refractivity contribution >= 4 is 0 Å². The van der Waals surface area contributed by atoms with Crippen LogP contribution >= 0.6 is 0 Å². The molecule has 0 bridgehead atoms. The lowest BCUT2D eigenvalue weighted by Crippen LogP contribution is -2.35. The summed E-state index contributed by atoms with van der Waals surface area (Å²) in [6.07, 6.45) is 6.68. The fourth-order valence-corrected chi connectivity index (χ4v) is 4.07. The Morgan fingerprint density at radius 2 is 2.04 bits per heavy atom. The highest BCUT2D eigenvalue weighted by Gasteiger charge is 2.30. The van der Waals surface area contributed by atoms with Crippen molar-refractivity contribution < 1.29 is 4.39 Å². The van der Waals surface area contributed by atoms with Crippen LogP contribution < -0.4 is 0 Å². The Morgan fingerprint density at radius 3 is 2.92 bits per heavy atom. The number of nitriles is 1. The topological polar surface area (TPSA) is 57.7 Å². The maximum absolute atomic E-state index is 13.7. The van der Waals surface area contributed by atoms with E-state index in [9.17, 15) is 9.65 Å². The number of hydrogen-bond acceptors (Lipinski definition) is 4. The Kier molecular flexibility index (Phi) is 4.50. The van der Waals surface area contributed by atoms with Crippen LogP contribution in [0.4, 0.5) is 4.39 Å². The van der Waals surface area contributed by atoms with Gasteiger partial charge in [-0.15, -0.1) is 10.2 Å². The Bertz CT molecular complexity index is 807.